The number of carbonyl (C=O) groups excluding carboxylic acids is 1. The Morgan fingerprint density at radius 1 is 1.06 bits per heavy atom. The van der Waals surface area contributed by atoms with Gasteiger partial charge in [0.15, 0.2) is 5.96 Å². The first-order valence-electron chi connectivity index (χ1n) is 11.2. The lowest BCUT2D eigenvalue weighted by Crippen LogP contribution is -2.36. The van der Waals surface area contributed by atoms with E-state index in [2.05, 4.69) is 28.1 Å². The molecule has 0 aliphatic carbocycles. The van der Waals surface area contributed by atoms with E-state index in [1.165, 1.54) is 0 Å². The second-order valence-electron chi connectivity index (χ2n) is 7.50. The topological polar surface area (TPSA) is 84.0 Å². The van der Waals surface area contributed by atoms with Crippen LogP contribution in [0.15, 0.2) is 47.5 Å². The molecule has 0 saturated carbocycles. The van der Waals surface area contributed by atoms with Crippen molar-refractivity contribution >= 4 is 17.6 Å². The maximum absolute atomic E-state index is 11.9. The molecule has 7 heteroatoms. The molecular weight excluding hydrogens is 404 g/mol. The van der Waals surface area contributed by atoms with E-state index in [-0.39, 0.29) is 5.91 Å². The Bertz CT molecular complexity index is 883. The van der Waals surface area contributed by atoms with Crippen LogP contribution in [0.4, 0.5) is 5.69 Å². The summed E-state index contributed by atoms with van der Waals surface area (Å²) in [5.74, 6) is 1.60. The Morgan fingerprint density at radius 2 is 1.91 bits per heavy atom. The van der Waals surface area contributed by atoms with E-state index in [0.717, 1.165) is 47.1 Å². The fraction of sp³-hybridized carbons (Fsp3) is 0.440. The van der Waals surface area contributed by atoms with Crippen LogP contribution >= 0.6 is 0 Å². The molecule has 0 atom stereocenters. The summed E-state index contributed by atoms with van der Waals surface area (Å²) >= 11 is 0. The number of amides is 1. The molecule has 0 fully saturated rings. The normalized spacial score (nSPS) is 11.2. The number of methoxy groups -OCH3 is 1. The third-order valence-electron chi connectivity index (χ3n) is 4.67. The van der Waals surface area contributed by atoms with Crippen LogP contribution in [-0.2, 0) is 22.6 Å². The van der Waals surface area contributed by atoms with Crippen molar-refractivity contribution in [3.63, 3.8) is 0 Å². The summed E-state index contributed by atoms with van der Waals surface area (Å²) in [5.41, 5.74) is 4.02. The number of anilines is 1. The number of carbonyl (C=O) groups is 1. The van der Waals surface area contributed by atoms with Crippen LogP contribution in [0, 0.1) is 6.92 Å². The van der Waals surface area contributed by atoms with Gasteiger partial charge in [0.05, 0.1) is 13.2 Å². The van der Waals surface area contributed by atoms with E-state index in [4.69, 9.17) is 14.5 Å². The fourth-order valence-corrected chi connectivity index (χ4v) is 3.07. The molecule has 0 radical (unpaired) electrons. The highest BCUT2D eigenvalue weighted by atomic mass is 16.5. The predicted octanol–water partition coefficient (Wildman–Crippen LogP) is 4.01. The number of guanidine groups is 1. The highest BCUT2D eigenvalue weighted by Gasteiger charge is 2.07. The minimum absolute atomic E-state index is 0.0322. The molecule has 0 spiro atoms. The van der Waals surface area contributed by atoms with Crippen molar-refractivity contribution in [2.24, 2.45) is 4.99 Å². The maximum atomic E-state index is 11.9. The molecule has 2 aromatic carbocycles. The van der Waals surface area contributed by atoms with E-state index in [1.54, 1.807) is 7.11 Å². The van der Waals surface area contributed by atoms with Crippen LogP contribution in [0.2, 0.25) is 0 Å². The summed E-state index contributed by atoms with van der Waals surface area (Å²) < 4.78 is 11.0. The van der Waals surface area contributed by atoms with Crippen molar-refractivity contribution in [2.45, 2.75) is 46.7 Å². The zero-order chi connectivity index (χ0) is 23.2. The van der Waals surface area contributed by atoms with E-state index >= 15 is 0 Å². The summed E-state index contributed by atoms with van der Waals surface area (Å²) in [6, 6.07) is 14.0. The Hall–Kier alpha value is -3.06. The number of rotatable bonds is 12. The number of aliphatic imine (C=N–C) groups is 1. The van der Waals surface area contributed by atoms with Crippen molar-refractivity contribution in [1.29, 1.82) is 0 Å². The Morgan fingerprint density at radius 3 is 2.66 bits per heavy atom. The summed E-state index contributed by atoms with van der Waals surface area (Å²) in [6.45, 7) is 8.96. The number of aryl methyl sites for hydroxylation is 1. The number of nitrogens with zero attached hydrogens (tertiary/aromatic N) is 1. The molecular formula is C25H36N4O3. The second-order valence-corrected chi connectivity index (χ2v) is 7.50. The maximum Gasteiger partial charge on any atom is 0.224 e. The van der Waals surface area contributed by atoms with Gasteiger partial charge in [0.25, 0.3) is 0 Å². The molecule has 3 N–H and O–H groups in total. The predicted molar refractivity (Wildman–Crippen MR) is 130 cm³/mol. The van der Waals surface area contributed by atoms with Gasteiger partial charge in [-0.25, -0.2) is 4.99 Å². The molecule has 0 saturated heterocycles. The van der Waals surface area contributed by atoms with Gasteiger partial charge in [0.2, 0.25) is 5.91 Å². The monoisotopic (exact) mass is 440 g/mol. The molecule has 0 bridgehead atoms. The Balaban J connectivity index is 2.03. The van der Waals surface area contributed by atoms with Gasteiger partial charge in [-0.15, -0.1) is 0 Å². The summed E-state index contributed by atoms with van der Waals surface area (Å²) in [7, 11) is 1.66. The molecule has 7 nitrogen and oxygen atoms in total. The largest absolute Gasteiger partial charge is 0.491 e. The van der Waals surface area contributed by atoms with E-state index in [9.17, 15) is 4.79 Å². The number of nitrogens with one attached hydrogen (secondary N) is 3. The summed E-state index contributed by atoms with van der Waals surface area (Å²) in [4.78, 5) is 16.5. The quantitative estimate of drug-likeness (QED) is 0.264. The zero-order valence-electron chi connectivity index (χ0n) is 19.7. The molecule has 2 aromatic rings. The standard InChI is InChI=1S/C25H36N4O3/c1-5-8-24(30)29-22-10-7-9-20(16-22)17-27-25(26-6-2)28-18-21-12-11-19(3)15-23(21)32-14-13-31-4/h7,9-12,15-16H,5-6,8,13-14,17-18H2,1-4H3,(H,29,30)(H2,26,27,28). The van der Waals surface area contributed by atoms with Gasteiger partial charge in [0, 0.05) is 37.9 Å². The lowest BCUT2D eigenvalue weighted by molar-refractivity contribution is -0.116. The number of ether oxygens (including phenoxy) is 2. The van der Waals surface area contributed by atoms with Crippen molar-refractivity contribution in [3.05, 3.63) is 59.2 Å². The van der Waals surface area contributed by atoms with E-state index in [1.807, 2.05) is 51.1 Å². The molecule has 0 aromatic heterocycles. The molecule has 2 rings (SSSR count). The first kappa shape index (κ1) is 25.2. The average molecular weight is 441 g/mol. The molecule has 0 aliphatic heterocycles. The van der Waals surface area contributed by atoms with Crippen LogP contribution in [-0.4, -0.2) is 38.7 Å². The lowest BCUT2D eigenvalue weighted by Gasteiger charge is -2.15. The number of benzene rings is 2. The van der Waals surface area contributed by atoms with Gasteiger partial charge in [-0.3, -0.25) is 4.79 Å². The molecule has 0 aliphatic rings. The molecule has 32 heavy (non-hydrogen) atoms. The average Bonchev–Trinajstić information content (AvgIpc) is 2.77. The third-order valence-corrected chi connectivity index (χ3v) is 4.67. The van der Waals surface area contributed by atoms with E-state index in [0.29, 0.717) is 32.7 Å². The lowest BCUT2D eigenvalue weighted by atomic mass is 10.1. The number of hydrogen-bond donors (Lipinski definition) is 3. The van der Waals surface area contributed by atoms with Crippen LogP contribution in [0.1, 0.15) is 43.4 Å². The van der Waals surface area contributed by atoms with Gasteiger partial charge in [-0.1, -0.05) is 31.2 Å². The fourth-order valence-electron chi connectivity index (χ4n) is 3.07. The smallest absolute Gasteiger partial charge is 0.224 e. The van der Waals surface area contributed by atoms with Gasteiger partial charge in [-0.05, 0) is 49.6 Å². The van der Waals surface area contributed by atoms with Crippen molar-refractivity contribution in [3.8, 4) is 5.75 Å². The summed E-state index contributed by atoms with van der Waals surface area (Å²) in [5, 5.41) is 9.59. The van der Waals surface area contributed by atoms with Crippen LogP contribution < -0.4 is 20.7 Å². The Labute approximate surface area is 191 Å². The van der Waals surface area contributed by atoms with Crippen LogP contribution in [0.5, 0.6) is 5.75 Å². The van der Waals surface area contributed by atoms with Gasteiger partial charge >= 0.3 is 0 Å². The zero-order valence-corrected chi connectivity index (χ0v) is 19.7. The SMILES string of the molecule is CCCC(=O)Nc1cccc(CN=C(NCC)NCc2ccc(C)cc2OCCOC)c1. The first-order chi connectivity index (χ1) is 15.5. The highest BCUT2D eigenvalue weighted by Crippen LogP contribution is 2.20. The van der Waals surface area contributed by atoms with Crippen LogP contribution in [0.25, 0.3) is 0 Å². The molecule has 1 amide bonds. The first-order valence-corrected chi connectivity index (χ1v) is 11.2. The molecule has 0 heterocycles. The summed E-state index contributed by atoms with van der Waals surface area (Å²) in [6.07, 6.45) is 1.35. The molecule has 174 valence electrons. The van der Waals surface area contributed by atoms with Crippen molar-refractivity contribution in [2.75, 3.05) is 32.2 Å². The highest BCUT2D eigenvalue weighted by molar-refractivity contribution is 5.90. The minimum Gasteiger partial charge on any atom is -0.491 e. The third kappa shape index (κ3) is 8.98. The van der Waals surface area contributed by atoms with Gasteiger partial charge in [0.1, 0.15) is 12.4 Å². The van der Waals surface area contributed by atoms with E-state index < -0.39 is 0 Å². The van der Waals surface area contributed by atoms with Gasteiger partial charge < -0.3 is 25.4 Å². The van der Waals surface area contributed by atoms with Gasteiger partial charge in [-0.2, -0.15) is 0 Å². The molecule has 0 unspecified atom stereocenters. The second kappa shape index (κ2) is 14.1. The Kier molecular flexibility index (Phi) is 11.1. The van der Waals surface area contributed by atoms with Crippen molar-refractivity contribution < 1.29 is 14.3 Å². The van der Waals surface area contributed by atoms with Crippen molar-refractivity contribution in [1.82, 2.24) is 10.6 Å². The number of hydrogen-bond acceptors (Lipinski definition) is 4. The minimum atomic E-state index is 0.0322. The van der Waals surface area contributed by atoms with Crippen LogP contribution in [0.3, 0.4) is 0 Å².